The van der Waals surface area contributed by atoms with Crippen molar-refractivity contribution in [3.05, 3.63) is 83.7 Å². The molecule has 0 saturated carbocycles. The molecule has 5 nitrogen and oxygen atoms in total. The van der Waals surface area contributed by atoms with E-state index in [1.54, 1.807) is 23.0 Å². The Labute approximate surface area is 142 Å². The third-order valence-electron chi connectivity index (χ3n) is 3.57. The lowest BCUT2D eigenvalue weighted by Crippen LogP contribution is -2.14. The molecule has 0 atom stereocenters. The quantitative estimate of drug-likeness (QED) is 0.749. The van der Waals surface area contributed by atoms with Crippen molar-refractivity contribution in [2.45, 2.75) is 19.2 Å². The summed E-state index contributed by atoms with van der Waals surface area (Å²) >= 11 is 0. The van der Waals surface area contributed by atoms with Crippen LogP contribution in [-0.2, 0) is 22.3 Å². The van der Waals surface area contributed by atoms with E-state index in [-0.39, 0.29) is 5.75 Å². The number of aryl methyl sites for hydroxylation is 1. The number of nitrogens with one attached hydrogen (secondary N) is 1. The van der Waals surface area contributed by atoms with Crippen molar-refractivity contribution in [1.82, 2.24) is 9.78 Å². The molecule has 0 saturated heterocycles. The van der Waals surface area contributed by atoms with Crippen molar-refractivity contribution in [1.29, 1.82) is 0 Å². The average Bonchev–Trinajstić information content (AvgIpc) is 2.96. The Balaban J connectivity index is 1.66. The summed E-state index contributed by atoms with van der Waals surface area (Å²) in [5.41, 5.74) is 3.53. The van der Waals surface area contributed by atoms with Crippen LogP contribution in [0, 0.1) is 6.92 Å². The minimum absolute atomic E-state index is 0.0585. The Hall–Kier alpha value is -2.60. The summed E-state index contributed by atoms with van der Waals surface area (Å²) in [5, 5.41) is 4.21. The molecule has 0 radical (unpaired) electrons. The summed E-state index contributed by atoms with van der Waals surface area (Å²) in [6.07, 6.45) is 3.22. The van der Waals surface area contributed by atoms with Gasteiger partial charge in [-0.2, -0.15) is 5.10 Å². The van der Waals surface area contributed by atoms with E-state index in [1.807, 2.05) is 49.4 Å². The smallest absolute Gasteiger partial charge is 0.237 e. The molecule has 3 rings (SSSR count). The lowest BCUT2D eigenvalue weighted by molar-refractivity contribution is 0.600. The van der Waals surface area contributed by atoms with Crippen molar-refractivity contribution in [2.24, 2.45) is 0 Å². The molecule has 0 fully saturated rings. The molecule has 2 aromatic carbocycles. The van der Waals surface area contributed by atoms with Crippen LogP contribution in [0.1, 0.15) is 16.7 Å². The largest absolute Gasteiger partial charge is 0.280 e. The number of hydrogen-bond donors (Lipinski definition) is 1. The average molecular weight is 341 g/mol. The van der Waals surface area contributed by atoms with Crippen LogP contribution in [0.3, 0.4) is 0 Å². The summed E-state index contributed by atoms with van der Waals surface area (Å²) in [7, 11) is -3.46. The summed E-state index contributed by atoms with van der Waals surface area (Å²) in [4.78, 5) is 0. The van der Waals surface area contributed by atoms with Gasteiger partial charge in [0, 0.05) is 6.20 Å². The first-order valence-corrected chi connectivity index (χ1v) is 9.28. The van der Waals surface area contributed by atoms with Crippen LogP contribution in [0.2, 0.25) is 0 Å². The molecule has 0 aliphatic carbocycles. The highest BCUT2D eigenvalue weighted by Crippen LogP contribution is 2.13. The van der Waals surface area contributed by atoms with Crippen LogP contribution < -0.4 is 4.72 Å². The number of rotatable bonds is 6. The maximum Gasteiger partial charge on any atom is 0.237 e. The Morgan fingerprint density at radius 3 is 2.42 bits per heavy atom. The van der Waals surface area contributed by atoms with Gasteiger partial charge in [0.2, 0.25) is 10.0 Å². The minimum atomic E-state index is -3.46. The van der Waals surface area contributed by atoms with E-state index in [0.717, 1.165) is 11.1 Å². The summed E-state index contributed by atoms with van der Waals surface area (Å²) in [5.74, 6) is -0.0585. The second-order valence-corrected chi connectivity index (χ2v) is 7.48. The van der Waals surface area contributed by atoms with E-state index >= 15 is 0 Å². The Morgan fingerprint density at radius 1 is 1.00 bits per heavy atom. The van der Waals surface area contributed by atoms with Gasteiger partial charge in [-0.05, 0) is 18.1 Å². The first-order valence-electron chi connectivity index (χ1n) is 7.63. The Bertz CT molecular complexity index is 901. The van der Waals surface area contributed by atoms with Gasteiger partial charge in [-0.25, -0.2) is 8.42 Å². The summed E-state index contributed by atoms with van der Waals surface area (Å²) < 4.78 is 28.7. The third kappa shape index (κ3) is 4.45. The maximum absolute atomic E-state index is 12.2. The van der Waals surface area contributed by atoms with Gasteiger partial charge in [0.25, 0.3) is 0 Å². The topological polar surface area (TPSA) is 64.0 Å². The molecule has 24 heavy (non-hydrogen) atoms. The second kappa shape index (κ2) is 6.88. The van der Waals surface area contributed by atoms with Gasteiger partial charge >= 0.3 is 0 Å². The molecule has 0 unspecified atom stereocenters. The van der Waals surface area contributed by atoms with Gasteiger partial charge in [-0.3, -0.25) is 9.40 Å². The van der Waals surface area contributed by atoms with Crippen molar-refractivity contribution < 1.29 is 8.42 Å². The second-order valence-electron chi connectivity index (χ2n) is 5.76. The maximum atomic E-state index is 12.2. The zero-order valence-electron chi connectivity index (χ0n) is 13.4. The van der Waals surface area contributed by atoms with E-state index < -0.39 is 10.0 Å². The molecule has 3 aromatic rings. The fourth-order valence-corrected chi connectivity index (χ4v) is 3.56. The normalized spacial score (nSPS) is 11.4. The number of nitrogens with zero attached hydrogens (tertiary/aromatic N) is 2. The van der Waals surface area contributed by atoms with Gasteiger partial charge in [-0.1, -0.05) is 60.2 Å². The third-order valence-corrected chi connectivity index (χ3v) is 4.83. The van der Waals surface area contributed by atoms with Gasteiger partial charge in [0.15, 0.2) is 0 Å². The molecule has 0 aliphatic heterocycles. The number of aromatic nitrogens is 2. The number of hydrogen-bond acceptors (Lipinski definition) is 3. The van der Waals surface area contributed by atoms with Crippen LogP contribution in [0.5, 0.6) is 0 Å². The highest BCUT2D eigenvalue weighted by Gasteiger charge is 2.12. The molecule has 6 heteroatoms. The van der Waals surface area contributed by atoms with Crippen molar-refractivity contribution in [2.75, 3.05) is 4.72 Å². The molecule has 1 N–H and O–H groups in total. The number of sulfonamides is 1. The van der Waals surface area contributed by atoms with E-state index in [0.29, 0.717) is 12.2 Å². The first-order chi connectivity index (χ1) is 11.5. The fourth-order valence-electron chi connectivity index (χ4n) is 2.39. The monoisotopic (exact) mass is 341 g/mol. The summed E-state index contributed by atoms with van der Waals surface area (Å²) in [6.45, 7) is 2.64. The lowest BCUT2D eigenvalue weighted by atomic mass is 10.1. The molecule has 0 aliphatic rings. The lowest BCUT2D eigenvalue weighted by Gasteiger charge is -2.06. The molecule has 0 bridgehead atoms. The Morgan fingerprint density at radius 2 is 1.71 bits per heavy atom. The van der Waals surface area contributed by atoms with Crippen LogP contribution >= 0.6 is 0 Å². The number of benzene rings is 2. The van der Waals surface area contributed by atoms with Gasteiger partial charge in [0.1, 0.15) is 0 Å². The molecular formula is C18H19N3O2S. The van der Waals surface area contributed by atoms with Crippen LogP contribution in [0.4, 0.5) is 5.69 Å². The molecule has 1 heterocycles. The van der Waals surface area contributed by atoms with E-state index in [4.69, 9.17) is 0 Å². The predicted molar refractivity (Wildman–Crippen MR) is 95.2 cm³/mol. The van der Waals surface area contributed by atoms with E-state index in [2.05, 4.69) is 9.82 Å². The van der Waals surface area contributed by atoms with Crippen molar-refractivity contribution in [3.8, 4) is 0 Å². The zero-order chi connectivity index (χ0) is 17.0. The molecular weight excluding hydrogens is 322 g/mol. The van der Waals surface area contributed by atoms with E-state index in [9.17, 15) is 8.42 Å². The van der Waals surface area contributed by atoms with Crippen molar-refractivity contribution in [3.63, 3.8) is 0 Å². The highest BCUT2D eigenvalue weighted by molar-refractivity contribution is 7.91. The van der Waals surface area contributed by atoms with Crippen molar-refractivity contribution >= 4 is 15.7 Å². The van der Waals surface area contributed by atoms with Crippen LogP contribution in [0.15, 0.2) is 67.0 Å². The first kappa shape index (κ1) is 16.3. The number of anilines is 1. The fraction of sp³-hybridized carbons (Fsp3) is 0.167. The van der Waals surface area contributed by atoms with Crippen LogP contribution in [-0.4, -0.2) is 18.2 Å². The minimum Gasteiger partial charge on any atom is -0.280 e. The molecule has 124 valence electrons. The highest BCUT2D eigenvalue weighted by atomic mass is 32.2. The van der Waals surface area contributed by atoms with Gasteiger partial charge in [0.05, 0.1) is 24.2 Å². The van der Waals surface area contributed by atoms with Crippen LogP contribution in [0.25, 0.3) is 0 Å². The summed E-state index contributed by atoms with van der Waals surface area (Å²) in [6, 6.07) is 17.3. The predicted octanol–water partition coefficient (Wildman–Crippen LogP) is 3.18. The molecule has 1 aromatic heterocycles. The molecule has 0 spiro atoms. The van der Waals surface area contributed by atoms with Gasteiger partial charge < -0.3 is 0 Å². The Kier molecular flexibility index (Phi) is 4.66. The zero-order valence-corrected chi connectivity index (χ0v) is 14.2. The van der Waals surface area contributed by atoms with Gasteiger partial charge in [-0.15, -0.1) is 0 Å². The SMILES string of the molecule is Cc1ccc(Cn2cc(NS(=O)(=O)Cc3ccccc3)cn2)cc1. The van der Waals surface area contributed by atoms with E-state index in [1.165, 1.54) is 11.8 Å². The standard InChI is InChI=1S/C18H19N3O2S/c1-15-7-9-16(10-8-15)12-21-13-18(11-19-21)20-24(22,23)14-17-5-3-2-4-6-17/h2-11,13,20H,12,14H2,1H3. The molecule has 0 amide bonds.